The van der Waals surface area contributed by atoms with Gasteiger partial charge in [0.15, 0.2) is 0 Å². The first kappa shape index (κ1) is 15.5. The van der Waals surface area contributed by atoms with Crippen LogP contribution in [0.2, 0.25) is 15.3 Å². The molecule has 0 N–H and O–H groups in total. The molecular formula is C14H14Cl3N3. The minimum Gasteiger partial charge on any atom is -0.309 e. The number of aromatic nitrogens is 2. The van der Waals surface area contributed by atoms with E-state index in [0.29, 0.717) is 33.1 Å². The van der Waals surface area contributed by atoms with Crippen LogP contribution < -0.4 is 0 Å². The maximum Gasteiger partial charge on any atom is 0.142 e. The predicted molar refractivity (Wildman–Crippen MR) is 84.8 cm³/mol. The van der Waals surface area contributed by atoms with E-state index in [0.717, 1.165) is 12.1 Å². The molecule has 0 amide bonds. The van der Waals surface area contributed by atoms with Crippen molar-refractivity contribution in [3.05, 3.63) is 45.4 Å². The maximum atomic E-state index is 6.24. The molecule has 0 aliphatic heterocycles. The van der Waals surface area contributed by atoms with Crippen molar-refractivity contribution in [1.82, 2.24) is 14.9 Å². The Kier molecular flexibility index (Phi) is 5.22. The first-order chi connectivity index (χ1) is 9.47. The van der Waals surface area contributed by atoms with Crippen molar-refractivity contribution >= 4 is 34.8 Å². The summed E-state index contributed by atoms with van der Waals surface area (Å²) >= 11 is 18.5. The van der Waals surface area contributed by atoms with Crippen LogP contribution in [0.3, 0.4) is 0 Å². The molecule has 106 valence electrons. The van der Waals surface area contributed by atoms with E-state index in [1.54, 1.807) is 12.1 Å². The van der Waals surface area contributed by atoms with Gasteiger partial charge in [0.2, 0.25) is 0 Å². The van der Waals surface area contributed by atoms with E-state index < -0.39 is 0 Å². The Labute approximate surface area is 133 Å². The van der Waals surface area contributed by atoms with Gasteiger partial charge in [-0.25, -0.2) is 9.97 Å². The first-order valence-electron chi connectivity index (χ1n) is 6.10. The average Bonchev–Trinajstić information content (AvgIpc) is 2.35. The Morgan fingerprint density at radius 1 is 1.05 bits per heavy atom. The number of hydrogen-bond acceptors (Lipinski definition) is 3. The van der Waals surface area contributed by atoms with Gasteiger partial charge in [0, 0.05) is 18.0 Å². The summed E-state index contributed by atoms with van der Waals surface area (Å²) < 4.78 is 0. The Balaban J connectivity index is 2.36. The zero-order valence-electron chi connectivity index (χ0n) is 11.2. The van der Waals surface area contributed by atoms with Crippen LogP contribution in [0, 0.1) is 0 Å². The average molecular weight is 331 g/mol. The van der Waals surface area contributed by atoms with Crippen molar-refractivity contribution in [2.45, 2.75) is 6.42 Å². The Morgan fingerprint density at radius 2 is 1.70 bits per heavy atom. The Morgan fingerprint density at radius 3 is 2.25 bits per heavy atom. The molecule has 0 atom stereocenters. The molecule has 2 aromatic rings. The third-order valence-electron chi connectivity index (χ3n) is 2.76. The number of nitrogens with zero attached hydrogens (tertiary/aromatic N) is 3. The lowest BCUT2D eigenvalue weighted by atomic mass is 10.1. The van der Waals surface area contributed by atoms with Gasteiger partial charge in [0.05, 0.1) is 5.56 Å². The topological polar surface area (TPSA) is 29.0 Å². The molecule has 3 nitrogen and oxygen atoms in total. The highest BCUT2D eigenvalue weighted by Gasteiger charge is 2.14. The Hall–Kier alpha value is -0.870. The summed E-state index contributed by atoms with van der Waals surface area (Å²) in [6.07, 6.45) is 0.697. The predicted octanol–water partition coefficient (Wildman–Crippen LogP) is 4.21. The quantitative estimate of drug-likeness (QED) is 0.786. The molecule has 0 fully saturated rings. The second-order valence-electron chi connectivity index (χ2n) is 4.66. The third-order valence-corrected chi connectivity index (χ3v) is 3.55. The number of hydrogen-bond donors (Lipinski definition) is 0. The SMILES string of the molecule is CN(C)CCc1nc(Cl)c(-c2cccc(Cl)c2)c(Cl)n1. The molecule has 0 bridgehead atoms. The van der Waals surface area contributed by atoms with E-state index in [-0.39, 0.29) is 0 Å². The van der Waals surface area contributed by atoms with Gasteiger partial charge in [0.1, 0.15) is 16.1 Å². The molecule has 0 unspecified atom stereocenters. The molecule has 20 heavy (non-hydrogen) atoms. The molecular weight excluding hydrogens is 317 g/mol. The van der Waals surface area contributed by atoms with Gasteiger partial charge in [-0.15, -0.1) is 0 Å². The van der Waals surface area contributed by atoms with Crippen LogP contribution in [-0.2, 0) is 6.42 Å². The highest BCUT2D eigenvalue weighted by Crippen LogP contribution is 2.33. The van der Waals surface area contributed by atoms with E-state index >= 15 is 0 Å². The minimum atomic E-state index is 0.348. The molecule has 0 spiro atoms. The number of halogens is 3. The van der Waals surface area contributed by atoms with E-state index in [1.165, 1.54) is 0 Å². The molecule has 2 rings (SSSR count). The molecule has 1 heterocycles. The summed E-state index contributed by atoms with van der Waals surface area (Å²) in [7, 11) is 3.98. The Bertz CT molecular complexity index is 591. The van der Waals surface area contributed by atoms with Gasteiger partial charge < -0.3 is 4.90 Å². The highest BCUT2D eigenvalue weighted by molar-refractivity contribution is 6.38. The zero-order chi connectivity index (χ0) is 14.7. The fraction of sp³-hybridized carbons (Fsp3) is 0.286. The summed E-state index contributed by atoms with van der Waals surface area (Å²) in [5.41, 5.74) is 1.43. The first-order valence-corrected chi connectivity index (χ1v) is 7.23. The second-order valence-corrected chi connectivity index (χ2v) is 5.81. The standard InChI is InChI=1S/C14H14Cl3N3/c1-20(2)7-6-11-18-13(16)12(14(17)19-11)9-4-3-5-10(15)8-9/h3-5,8H,6-7H2,1-2H3. The number of rotatable bonds is 4. The summed E-state index contributed by atoms with van der Waals surface area (Å²) in [6.45, 7) is 0.836. The number of benzene rings is 1. The van der Waals surface area contributed by atoms with E-state index in [1.807, 2.05) is 26.2 Å². The van der Waals surface area contributed by atoms with Crippen molar-refractivity contribution in [2.75, 3.05) is 20.6 Å². The summed E-state index contributed by atoms with van der Waals surface area (Å²) in [6, 6.07) is 7.29. The van der Waals surface area contributed by atoms with Crippen LogP contribution in [0.5, 0.6) is 0 Å². The van der Waals surface area contributed by atoms with Crippen LogP contribution in [-0.4, -0.2) is 35.5 Å². The van der Waals surface area contributed by atoms with Crippen LogP contribution >= 0.6 is 34.8 Å². The molecule has 0 aliphatic carbocycles. The normalized spacial score (nSPS) is 11.1. The number of likely N-dealkylation sites (N-methyl/N-ethyl adjacent to an activating group) is 1. The summed E-state index contributed by atoms with van der Waals surface area (Å²) in [4.78, 5) is 10.7. The van der Waals surface area contributed by atoms with Crippen LogP contribution in [0.25, 0.3) is 11.1 Å². The van der Waals surface area contributed by atoms with E-state index in [2.05, 4.69) is 14.9 Å². The lowest BCUT2D eigenvalue weighted by Crippen LogP contribution is -2.16. The van der Waals surface area contributed by atoms with Crippen molar-refractivity contribution in [2.24, 2.45) is 0 Å². The van der Waals surface area contributed by atoms with E-state index in [9.17, 15) is 0 Å². The van der Waals surface area contributed by atoms with Crippen molar-refractivity contribution in [3.63, 3.8) is 0 Å². The molecule has 0 saturated heterocycles. The van der Waals surface area contributed by atoms with Gasteiger partial charge in [-0.1, -0.05) is 46.9 Å². The van der Waals surface area contributed by atoms with Crippen LogP contribution in [0.4, 0.5) is 0 Å². The largest absolute Gasteiger partial charge is 0.309 e. The summed E-state index contributed by atoms with van der Waals surface area (Å²) in [5, 5.41) is 1.31. The lowest BCUT2D eigenvalue weighted by molar-refractivity contribution is 0.409. The van der Waals surface area contributed by atoms with Crippen LogP contribution in [0.15, 0.2) is 24.3 Å². The molecule has 0 saturated carbocycles. The van der Waals surface area contributed by atoms with Gasteiger partial charge in [-0.2, -0.15) is 0 Å². The monoisotopic (exact) mass is 329 g/mol. The smallest absolute Gasteiger partial charge is 0.142 e. The van der Waals surface area contributed by atoms with Crippen LogP contribution in [0.1, 0.15) is 5.82 Å². The minimum absolute atomic E-state index is 0.348. The van der Waals surface area contributed by atoms with Crippen molar-refractivity contribution in [1.29, 1.82) is 0 Å². The van der Waals surface area contributed by atoms with Gasteiger partial charge in [-0.3, -0.25) is 0 Å². The fourth-order valence-corrected chi connectivity index (χ4v) is 2.60. The lowest BCUT2D eigenvalue weighted by Gasteiger charge is -2.11. The molecule has 1 aromatic carbocycles. The maximum absolute atomic E-state index is 6.24. The molecule has 0 aliphatic rings. The molecule has 1 aromatic heterocycles. The van der Waals surface area contributed by atoms with Crippen molar-refractivity contribution < 1.29 is 0 Å². The van der Waals surface area contributed by atoms with Crippen molar-refractivity contribution in [3.8, 4) is 11.1 Å². The second kappa shape index (κ2) is 6.72. The van der Waals surface area contributed by atoms with Gasteiger partial charge in [-0.05, 0) is 31.8 Å². The van der Waals surface area contributed by atoms with Gasteiger partial charge in [0.25, 0.3) is 0 Å². The zero-order valence-corrected chi connectivity index (χ0v) is 13.5. The third kappa shape index (κ3) is 3.83. The molecule has 6 heteroatoms. The summed E-state index contributed by atoms with van der Waals surface area (Å²) in [5.74, 6) is 0.638. The van der Waals surface area contributed by atoms with E-state index in [4.69, 9.17) is 34.8 Å². The van der Waals surface area contributed by atoms with Gasteiger partial charge >= 0.3 is 0 Å². The highest BCUT2D eigenvalue weighted by atomic mass is 35.5. The molecule has 0 radical (unpaired) electrons. The fourth-order valence-electron chi connectivity index (χ4n) is 1.77.